The number of unbranched alkanes of at least 4 members (excludes halogenated alkanes) is 2. The van der Waals surface area contributed by atoms with Crippen LogP contribution in [0.3, 0.4) is 0 Å². The molecule has 0 aliphatic heterocycles. The summed E-state index contributed by atoms with van der Waals surface area (Å²) < 4.78 is 0. The molecule has 0 aliphatic carbocycles. The van der Waals surface area contributed by atoms with Crippen molar-refractivity contribution in [1.29, 1.82) is 0 Å². The van der Waals surface area contributed by atoms with Crippen molar-refractivity contribution < 1.29 is 5.11 Å². The molecule has 0 radical (unpaired) electrons. The molecule has 0 aromatic heterocycles. The van der Waals surface area contributed by atoms with Crippen molar-refractivity contribution >= 4 is 11.6 Å². The maximum absolute atomic E-state index is 9.42. The average Bonchev–Trinajstić information content (AvgIpc) is 2.43. The average molecular weight is 275 g/mol. The van der Waals surface area contributed by atoms with Gasteiger partial charge in [-0.15, -0.1) is 0 Å². The Morgan fingerprint density at radius 2 is 1.63 bits per heavy atom. The summed E-state index contributed by atoms with van der Waals surface area (Å²) in [4.78, 5) is 0. The lowest BCUT2D eigenvalue weighted by Gasteiger charge is -2.06. The second kappa shape index (κ2) is 6.63. The van der Waals surface area contributed by atoms with Gasteiger partial charge in [-0.2, -0.15) is 0 Å². The van der Waals surface area contributed by atoms with E-state index in [1.807, 2.05) is 6.07 Å². The Bertz CT molecular complexity index is 531. The number of benzene rings is 2. The fourth-order valence-corrected chi connectivity index (χ4v) is 2.31. The molecule has 0 saturated carbocycles. The lowest BCUT2D eigenvalue weighted by atomic mass is 10.0. The van der Waals surface area contributed by atoms with Crippen LogP contribution in [0.2, 0.25) is 5.02 Å². The van der Waals surface area contributed by atoms with E-state index >= 15 is 0 Å². The Balaban J connectivity index is 2.11. The molecule has 0 aliphatic rings. The molecule has 0 atom stereocenters. The van der Waals surface area contributed by atoms with E-state index in [9.17, 15) is 5.11 Å². The minimum Gasteiger partial charge on any atom is -0.506 e. The normalized spacial score (nSPS) is 10.6. The second-order valence-electron chi connectivity index (χ2n) is 4.82. The fourth-order valence-electron chi connectivity index (χ4n) is 2.13. The monoisotopic (exact) mass is 274 g/mol. The molecule has 100 valence electrons. The van der Waals surface area contributed by atoms with Crippen molar-refractivity contribution in [2.75, 3.05) is 0 Å². The maximum atomic E-state index is 9.42. The number of rotatable bonds is 5. The van der Waals surface area contributed by atoms with Gasteiger partial charge in [0.1, 0.15) is 5.75 Å². The first-order chi connectivity index (χ1) is 9.20. The molecular formula is C17H19ClO. The number of phenols is 1. The first kappa shape index (κ1) is 14.0. The quantitative estimate of drug-likeness (QED) is 0.719. The third kappa shape index (κ3) is 3.74. The Labute approximate surface area is 119 Å². The summed E-state index contributed by atoms with van der Waals surface area (Å²) in [6, 6.07) is 13.9. The van der Waals surface area contributed by atoms with Gasteiger partial charge in [0.05, 0.1) is 5.02 Å². The SMILES string of the molecule is CCCCCc1ccc(-c2ccc(O)c(Cl)c2)cc1. The van der Waals surface area contributed by atoms with Gasteiger partial charge in [0.2, 0.25) is 0 Å². The number of hydrogen-bond donors (Lipinski definition) is 1. The van der Waals surface area contributed by atoms with Crippen LogP contribution in [0, 0.1) is 0 Å². The highest BCUT2D eigenvalue weighted by molar-refractivity contribution is 6.32. The van der Waals surface area contributed by atoms with E-state index in [0.29, 0.717) is 5.02 Å². The van der Waals surface area contributed by atoms with Crippen LogP contribution >= 0.6 is 11.6 Å². The zero-order chi connectivity index (χ0) is 13.7. The molecular weight excluding hydrogens is 256 g/mol. The first-order valence-electron chi connectivity index (χ1n) is 6.78. The lowest BCUT2D eigenvalue weighted by Crippen LogP contribution is -1.86. The van der Waals surface area contributed by atoms with Gasteiger partial charge in [0.15, 0.2) is 0 Å². The van der Waals surface area contributed by atoms with Crippen LogP contribution in [0.1, 0.15) is 31.7 Å². The van der Waals surface area contributed by atoms with Gasteiger partial charge in [-0.1, -0.05) is 61.7 Å². The number of phenolic OH excluding ortho intramolecular Hbond substituents is 1. The van der Waals surface area contributed by atoms with Crippen LogP contribution in [-0.2, 0) is 6.42 Å². The van der Waals surface area contributed by atoms with E-state index in [0.717, 1.165) is 17.5 Å². The summed E-state index contributed by atoms with van der Waals surface area (Å²) in [5.74, 6) is 0.126. The molecule has 0 heterocycles. The number of halogens is 1. The Hall–Kier alpha value is -1.47. The van der Waals surface area contributed by atoms with Crippen LogP contribution in [0.15, 0.2) is 42.5 Å². The summed E-state index contributed by atoms with van der Waals surface area (Å²) in [6.45, 7) is 2.22. The molecule has 1 nitrogen and oxygen atoms in total. The zero-order valence-corrected chi connectivity index (χ0v) is 12.0. The van der Waals surface area contributed by atoms with Crippen molar-refractivity contribution in [2.24, 2.45) is 0 Å². The predicted octanol–water partition coefficient (Wildman–Crippen LogP) is 5.45. The lowest BCUT2D eigenvalue weighted by molar-refractivity contribution is 0.475. The Morgan fingerprint density at radius 1 is 0.947 bits per heavy atom. The van der Waals surface area contributed by atoms with Crippen molar-refractivity contribution in [3.63, 3.8) is 0 Å². The molecule has 2 aromatic carbocycles. The number of aryl methyl sites for hydroxylation is 1. The highest BCUT2D eigenvalue weighted by Crippen LogP contribution is 2.29. The van der Waals surface area contributed by atoms with Crippen LogP contribution in [0.5, 0.6) is 5.75 Å². The standard InChI is InChI=1S/C17H19ClO/c1-2-3-4-5-13-6-8-14(9-7-13)15-10-11-17(19)16(18)12-15/h6-12,19H,2-5H2,1H3. The van der Waals surface area contributed by atoms with Crippen LogP contribution in [0.4, 0.5) is 0 Å². The van der Waals surface area contributed by atoms with Crippen LogP contribution in [-0.4, -0.2) is 5.11 Å². The van der Waals surface area contributed by atoms with Gasteiger partial charge < -0.3 is 5.11 Å². The third-order valence-electron chi connectivity index (χ3n) is 3.30. The molecule has 2 heteroatoms. The molecule has 0 unspecified atom stereocenters. The summed E-state index contributed by atoms with van der Waals surface area (Å²) >= 11 is 5.93. The van der Waals surface area contributed by atoms with Gasteiger partial charge in [0.25, 0.3) is 0 Å². The van der Waals surface area contributed by atoms with E-state index in [-0.39, 0.29) is 5.75 Å². The molecule has 19 heavy (non-hydrogen) atoms. The van der Waals surface area contributed by atoms with Gasteiger partial charge in [-0.25, -0.2) is 0 Å². The summed E-state index contributed by atoms with van der Waals surface area (Å²) in [5, 5.41) is 9.82. The second-order valence-corrected chi connectivity index (χ2v) is 5.23. The van der Waals surface area contributed by atoms with Crippen LogP contribution < -0.4 is 0 Å². The van der Waals surface area contributed by atoms with Crippen molar-refractivity contribution in [1.82, 2.24) is 0 Å². The molecule has 0 fully saturated rings. The van der Waals surface area contributed by atoms with Gasteiger partial charge in [0, 0.05) is 0 Å². The summed E-state index contributed by atoms with van der Waals surface area (Å²) in [5.41, 5.74) is 3.53. The first-order valence-corrected chi connectivity index (χ1v) is 7.16. The van der Waals surface area contributed by atoms with E-state index < -0.39 is 0 Å². The molecule has 0 amide bonds. The minimum absolute atomic E-state index is 0.126. The van der Waals surface area contributed by atoms with Gasteiger partial charge in [-0.05, 0) is 41.7 Å². The molecule has 1 N–H and O–H groups in total. The van der Waals surface area contributed by atoms with E-state index in [4.69, 9.17) is 11.6 Å². The number of aromatic hydroxyl groups is 1. The Kier molecular flexibility index (Phi) is 4.86. The van der Waals surface area contributed by atoms with E-state index in [1.54, 1.807) is 12.1 Å². The highest BCUT2D eigenvalue weighted by Gasteiger charge is 2.02. The van der Waals surface area contributed by atoms with Gasteiger partial charge >= 0.3 is 0 Å². The molecule has 0 saturated heterocycles. The van der Waals surface area contributed by atoms with Crippen molar-refractivity contribution in [2.45, 2.75) is 32.6 Å². The fraction of sp³-hybridized carbons (Fsp3) is 0.294. The molecule has 0 bridgehead atoms. The van der Waals surface area contributed by atoms with Crippen molar-refractivity contribution in [3.8, 4) is 16.9 Å². The Morgan fingerprint density at radius 3 is 2.26 bits per heavy atom. The summed E-state index contributed by atoms with van der Waals surface area (Å²) in [6.07, 6.45) is 4.94. The molecule has 0 spiro atoms. The number of hydrogen-bond acceptors (Lipinski definition) is 1. The summed E-state index contributed by atoms with van der Waals surface area (Å²) in [7, 11) is 0. The highest BCUT2D eigenvalue weighted by atomic mass is 35.5. The maximum Gasteiger partial charge on any atom is 0.134 e. The largest absolute Gasteiger partial charge is 0.506 e. The minimum atomic E-state index is 0.126. The zero-order valence-electron chi connectivity index (χ0n) is 11.2. The predicted molar refractivity (Wildman–Crippen MR) is 81.8 cm³/mol. The van der Waals surface area contributed by atoms with Crippen LogP contribution in [0.25, 0.3) is 11.1 Å². The van der Waals surface area contributed by atoms with E-state index in [2.05, 4.69) is 31.2 Å². The van der Waals surface area contributed by atoms with Crippen molar-refractivity contribution in [3.05, 3.63) is 53.1 Å². The third-order valence-corrected chi connectivity index (χ3v) is 3.61. The molecule has 2 rings (SSSR count). The van der Waals surface area contributed by atoms with E-state index in [1.165, 1.54) is 24.8 Å². The smallest absolute Gasteiger partial charge is 0.134 e. The van der Waals surface area contributed by atoms with Gasteiger partial charge in [-0.3, -0.25) is 0 Å². The topological polar surface area (TPSA) is 20.2 Å². The molecule has 2 aromatic rings.